The van der Waals surface area contributed by atoms with E-state index < -0.39 is 0 Å². The number of likely N-dealkylation sites (tertiary alicyclic amines) is 1. The number of amides is 1. The van der Waals surface area contributed by atoms with Crippen LogP contribution in [0.1, 0.15) is 25.3 Å². The summed E-state index contributed by atoms with van der Waals surface area (Å²) < 4.78 is 5.79. The van der Waals surface area contributed by atoms with Crippen LogP contribution in [0.25, 0.3) is 11.0 Å². The molecule has 1 aromatic carbocycles. The van der Waals surface area contributed by atoms with Gasteiger partial charge in [0, 0.05) is 51.5 Å². The number of rotatable bonds is 12. The monoisotopic (exact) mass is 511 g/mol. The van der Waals surface area contributed by atoms with Crippen LogP contribution in [0.3, 0.4) is 0 Å². The van der Waals surface area contributed by atoms with E-state index in [-0.39, 0.29) is 23.8 Å². The van der Waals surface area contributed by atoms with Crippen molar-refractivity contribution in [3.05, 3.63) is 30.1 Å². The molecule has 37 heavy (non-hydrogen) atoms. The van der Waals surface area contributed by atoms with E-state index in [9.17, 15) is 20.1 Å². The SMILES string of the molecule is CC1C[C@@H](O)CN1CCOc1cc(N=Cc2c(O)[nH]c3ncnc(NCCCN(C)C=O)c23)ccc1O. The maximum atomic E-state index is 10.8. The number of aliphatic hydroxyl groups is 1. The van der Waals surface area contributed by atoms with E-state index >= 15 is 0 Å². The van der Waals surface area contributed by atoms with Gasteiger partial charge in [0.05, 0.1) is 22.7 Å². The number of nitrogens with zero attached hydrogens (tertiary/aromatic N) is 5. The molecule has 3 aromatic rings. The van der Waals surface area contributed by atoms with Crippen LogP contribution in [-0.4, -0.2) is 105 Å². The molecule has 2 atom stereocenters. The van der Waals surface area contributed by atoms with Crippen LogP contribution in [0.4, 0.5) is 11.5 Å². The lowest BCUT2D eigenvalue weighted by molar-refractivity contribution is -0.117. The van der Waals surface area contributed by atoms with Gasteiger partial charge in [0.1, 0.15) is 24.4 Å². The van der Waals surface area contributed by atoms with Gasteiger partial charge in [-0.1, -0.05) is 0 Å². The Morgan fingerprint density at radius 1 is 1.35 bits per heavy atom. The van der Waals surface area contributed by atoms with Gasteiger partial charge >= 0.3 is 0 Å². The van der Waals surface area contributed by atoms with Gasteiger partial charge in [0.15, 0.2) is 17.4 Å². The number of benzene rings is 1. The number of aliphatic hydroxyl groups excluding tert-OH is 1. The zero-order valence-corrected chi connectivity index (χ0v) is 21.0. The molecule has 0 aliphatic carbocycles. The van der Waals surface area contributed by atoms with Gasteiger partial charge in [-0.25, -0.2) is 9.97 Å². The Morgan fingerprint density at radius 3 is 2.95 bits per heavy atom. The minimum atomic E-state index is -0.313. The van der Waals surface area contributed by atoms with Gasteiger partial charge in [0.2, 0.25) is 6.41 Å². The molecule has 1 amide bonds. The van der Waals surface area contributed by atoms with E-state index in [1.165, 1.54) is 18.6 Å². The van der Waals surface area contributed by atoms with Crippen molar-refractivity contribution >= 4 is 35.2 Å². The Kier molecular flexibility index (Phi) is 8.41. The van der Waals surface area contributed by atoms with E-state index in [1.807, 2.05) is 0 Å². The maximum absolute atomic E-state index is 10.8. The van der Waals surface area contributed by atoms with Gasteiger partial charge in [-0.3, -0.25) is 14.7 Å². The Balaban J connectivity index is 1.45. The molecule has 2 aromatic heterocycles. The normalized spacial score (nSPS) is 18.0. The molecule has 0 radical (unpaired) electrons. The molecule has 0 saturated carbocycles. The minimum Gasteiger partial charge on any atom is -0.504 e. The standard InChI is InChI=1S/C25H33N7O5/c1-16-10-18(34)13-32(16)8-9-37-21-11-17(4-5-20(21)35)27-12-19-22-23(26-6-3-7-31(2)15-33)28-14-29-24(22)30-25(19)36/h4-5,11-12,14-16,18,34-36H,3,6-10,13H2,1-2H3,(H2,26,28,29,30)/t16?,18-/m1/s1. The average molecular weight is 512 g/mol. The largest absolute Gasteiger partial charge is 0.504 e. The summed E-state index contributed by atoms with van der Waals surface area (Å²) in [6, 6.07) is 5.06. The molecule has 1 aliphatic rings. The maximum Gasteiger partial charge on any atom is 0.209 e. The van der Waals surface area contributed by atoms with E-state index in [0.717, 1.165) is 12.8 Å². The Morgan fingerprint density at radius 2 is 2.19 bits per heavy atom. The first-order chi connectivity index (χ1) is 17.9. The van der Waals surface area contributed by atoms with Crippen LogP contribution >= 0.6 is 0 Å². The summed E-state index contributed by atoms with van der Waals surface area (Å²) in [5, 5.41) is 34.3. The lowest BCUT2D eigenvalue weighted by Crippen LogP contribution is -2.31. The number of aromatic hydroxyl groups is 2. The number of phenols is 1. The molecule has 3 heterocycles. The lowest BCUT2D eigenvalue weighted by atomic mass is 10.2. The van der Waals surface area contributed by atoms with Crippen molar-refractivity contribution in [3.8, 4) is 17.4 Å². The van der Waals surface area contributed by atoms with Gasteiger partial charge in [-0.05, 0) is 31.9 Å². The number of H-pyrrole nitrogens is 1. The summed E-state index contributed by atoms with van der Waals surface area (Å²) in [5.74, 6) is 0.743. The topological polar surface area (TPSA) is 159 Å². The number of aromatic nitrogens is 3. The number of hydrogen-bond donors (Lipinski definition) is 5. The highest BCUT2D eigenvalue weighted by Crippen LogP contribution is 2.32. The van der Waals surface area contributed by atoms with Crippen LogP contribution in [0.5, 0.6) is 17.4 Å². The molecule has 1 unspecified atom stereocenters. The molecule has 198 valence electrons. The van der Waals surface area contributed by atoms with E-state index in [0.29, 0.717) is 73.1 Å². The highest BCUT2D eigenvalue weighted by molar-refractivity contribution is 6.06. The van der Waals surface area contributed by atoms with Crippen LogP contribution < -0.4 is 10.1 Å². The third-order valence-corrected chi connectivity index (χ3v) is 6.37. The third kappa shape index (κ3) is 6.46. The summed E-state index contributed by atoms with van der Waals surface area (Å²) in [6.45, 7) is 4.85. The molecular formula is C25H33N7O5. The number of carbonyl (C=O) groups excluding carboxylic acids is 1. The van der Waals surface area contributed by atoms with Gasteiger partial charge < -0.3 is 35.3 Å². The molecule has 5 N–H and O–H groups in total. The zero-order chi connectivity index (χ0) is 26.4. The second kappa shape index (κ2) is 11.9. The second-order valence-electron chi connectivity index (χ2n) is 9.19. The Hall–Kier alpha value is -3.90. The van der Waals surface area contributed by atoms with Crippen LogP contribution in [0, 0.1) is 0 Å². The Bertz CT molecular complexity index is 1250. The first-order valence-electron chi connectivity index (χ1n) is 12.2. The molecule has 4 rings (SSSR count). The van der Waals surface area contributed by atoms with Gasteiger partial charge in [-0.2, -0.15) is 0 Å². The summed E-state index contributed by atoms with van der Waals surface area (Å²) >= 11 is 0. The predicted molar refractivity (Wildman–Crippen MR) is 140 cm³/mol. The van der Waals surface area contributed by atoms with Crippen LogP contribution in [0.2, 0.25) is 0 Å². The number of hydrogen-bond acceptors (Lipinski definition) is 10. The molecule has 1 saturated heterocycles. The molecule has 1 fully saturated rings. The van der Waals surface area contributed by atoms with Crippen molar-refractivity contribution in [3.63, 3.8) is 0 Å². The number of aliphatic imine (C=N–C) groups is 1. The van der Waals surface area contributed by atoms with Gasteiger partial charge in [0.25, 0.3) is 0 Å². The van der Waals surface area contributed by atoms with Crippen molar-refractivity contribution in [2.45, 2.75) is 31.9 Å². The second-order valence-corrected chi connectivity index (χ2v) is 9.19. The quantitative estimate of drug-likeness (QED) is 0.139. The van der Waals surface area contributed by atoms with Gasteiger partial charge in [-0.15, -0.1) is 0 Å². The molecule has 0 spiro atoms. The average Bonchev–Trinajstić information content (AvgIpc) is 3.38. The zero-order valence-electron chi connectivity index (χ0n) is 21.0. The summed E-state index contributed by atoms with van der Waals surface area (Å²) in [5.41, 5.74) is 1.40. The molecule has 1 aliphatic heterocycles. The number of ether oxygens (including phenoxy) is 1. The number of carbonyl (C=O) groups is 1. The van der Waals surface area contributed by atoms with Crippen molar-refractivity contribution in [2.75, 3.05) is 45.2 Å². The number of phenolic OH excluding ortho intramolecular Hbond substituents is 1. The number of anilines is 1. The van der Waals surface area contributed by atoms with Crippen molar-refractivity contribution in [2.24, 2.45) is 4.99 Å². The van der Waals surface area contributed by atoms with Crippen molar-refractivity contribution in [1.29, 1.82) is 0 Å². The summed E-state index contributed by atoms with van der Waals surface area (Å²) in [4.78, 5) is 30.3. The lowest BCUT2D eigenvalue weighted by Gasteiger charge is -2.20. The minimum absolute atomic E-state index is 0.00325. The number of β-amino-alcohol motifs (C(OH)–C–C–N with tert-alkyl or cyclic N) is 1. The molecule has 12 heteroatoms. The number of aromatic amines is 1. The first kappa shape index (κ1) is 26.2. The summed E-state index contributed by atoms with van der Waals surface area (Å²) in [6.07, 6.45) is 4.83. The number of fused-ring (bicyclic) bond motifs is 1. The van der Waals surface area contributed by atoms with E-state index in [4.69, 9.17) is 4.74 Å². The van der Waals surface area contributed by atoms with E-state index in [1.54, 1.807) is 24.1 Å². The molecule has 12 nitrogen and oxygen atoms in total. The predicted octanol–water partition coefficient (Wildman–Crippen LogP) is 1.84. The van der Waals surface area contributed by atoms with Crippen LogP contribution in [0.15, 0.2) is 29.5 Å². The highest BCUT2D eigenvalue weighted by atomic mass is 16.5. The fraction of sp³-hybridized carbons (Fsp3) is 0.440. The first-order valence-corrected chi connectivity index (χ1v) is 12.2. The molecular weight excluding hydrogens is 478 g/mol. The van der Waals surface area contributed by atoms with Crippen molar-refractivity contribution < 1.29 is 24.9 Å². The highest BCUT2D eigenvalue weighted by Gasteiger charge is 2.27. The smallest absolute Gasteiger partial charge is 0.209 e. The van der Waals surface area contributed by atoms with Crippen LogP contribution in [-0.2, 0) is 4.79 Å². The summed E-state index contributed by atoms with van der Waals surface area (Å²) in [7, 11) is 1.72. The van der Waals surface area contributed by atoms with Crippen molar-refractivity contribution in [1.82, 2.24) is 24.8 Å². The fourth-order valence-electron chi connectivity index (χ4n) is 4.37. The van der Waals surface area contributed by atoms with E-state index in [2.05, 4.69) is 37.1 Å². The fourth-order valence-corrected chi connectivity index (χ4v) is 4.37. The third-order valence-electron chi connectivity index (χ3n) is 6.37. The molecule has 0 bridgehead atoms. The number of nitrogens with one attached hydrogen (secondary N) is 2. The Labute approximate surface area is 214 Å².